The zero-order valence-electron chi connectivity index (χ0n) is 7.32. The van der Waals surface area contributed by atoms with Crippen LogP contribution in [0.5, 0.6) is 0 Å². The third-order valence-electron chi connectivity index (χ3n) is 1.89. The molecule has 0 spiro atoms. The van der Waals surface area contributed by atoms with Crippen molar-refractivity contribution >= 4 is 15.9 Å². The monoisotopic (exact) mass is 263 g/mol. The molecule has 1 rings (SSSR count). The van der Waals surface area contributed by atoms with Gasteiger partial charge in [0.05, 0.1) is 10.6 Å². The number of nitrogens with two attached hydrogens (primary N) is 1. The second kappa shape index (κ2) is 4.84. The molecule has 78 valence electrons. The van der Waals surface area contributed by atoms with Crippen molar-refractivity contribution in [3.05, 3.63) is 34.1 Å². The van der Waals surface area contributed by atoms with E-state index in [1.807, 2.05) is 0 Å². The van der Waals surface area contributed by atoms with E-state index >= 15 is 0 Å². The van der Waals surface area contributed by atoms with Crippen LogP contribution in [-0.4, -0.2) is 22.9 Å². The summed E-state index contributed by atoms with van der Waals surface area (Å²) in [6.07, 6.45) is -2.12. The van der Waals surface area contributed by atoms with Gasteiger partial charge >= 0.3 is 0 Å². The number of hydrogen-bond donors (Lipinski definition) is 3. The average molecular weight is 264 g/mol. The van der Waals surface area contributed by atoms with Crippen molar-refractivity contribution in [2.45, 2.75) is 12.2 Å². The highest BCUT2D eigenvalue weighted by Crippen LogP contribution is 2.22. The van der Waals surface area contributed by atoms with Crippen LogP contribution in [0.2, 0.25) is 0 Å². The highest BCUT2D eigenvalue weighted by molar-refractivity contribution is 9.10. The van der Waals surface area contributed by atoms with E-state index in [2.05, 4.69) is 15.9 Å². The summed E-state index contributed by atoms with van der Waals surface area (Å²) >= 11 is 2.99. The van der Waals surface area contributed by atoms with Crippen molar-refractivity contribution in [3.63, 3.8) is 0 Å². The third-order valence-corrected chi connectivity index (χ3v) is 2.50. The fraction of sp³-hybridized carbons (Fsp3) is 0.333. The first-order valence-corrected chi connectivity index (χ1v) is 4.86. The van der Waals surface area contributed by atoms with Crippen LogP contribution in [0.25, 0.3) is 0 Å². The quantitative estimate of drug-likeness (QED) is 0.761. The number of benzene rings is 1. The second-order valence-corrected chi connectivity index (χ2v) is 3.78. The third kappa shape index (κ3) is 2.51. The van der Waals surface area contributed by atoms with Crippen molar-refractivity contribution in [2.75, 3.05) is 6.54 Å². The van der Waals surface area contributed by atoms with Crippen molar-refractivity contribution in [1.82, 2.24) is 0 Å². The molecule has 2 atom stereocenters. The van der Waals surface area contributed by atoms with Gasteiger partial charge in [0.1, 0.15) is 11.9 Å². The van der Waals surface area contributed by atoms with E-state index in [9.17, 15) is 14.6 Å². The number of aliphatic hydroxyl groups excluding tert-OH is 2. The first kappa shape index (κ1) is 11.6. The average Bonchev–Trinajstić information content (AvgIpc) is 2.20. The summed E-state index contributed by atoms with van der Waals surface area (Å²) in [6, 6.07) is 4.04. The summed E-state index contributed by atoms with van der Waals surface area (Å²) in [5.74, 6) is -0.414. The molecule has 0 aliphatic carbocycles. The molecule has 14 heavy (non-hydrogen) atoms. The van der Waals surface area contributed by atoms with Crippen LogP contribution in [0.3, 0.4) is 0 Å². The first-order valence-electron chi connectivity index (χ1n) is 4.07. The van der Waals surface area contributed by atoms with E-state index in [1.165, 1.54) is 18.2 Å². The predicted octanol–water partition coefficient (Wildman–Crippen LogP) is 0.941. The molecule has 1 aromatic rings. The van der Waals surface area contributed by atoms with Gasteiger partial charge in [0, 0.05) is 6.54 Å². The van der Waals surface area contributed by atoms with E-state index in [1.54, 1.807) is 0 Å². The van der Waals surface area contributed by atoms with Gasteiger partial charge in [-0.05, 0) is 33.6 Å². The minimum atomic E-state index is -1.09. The molecule has 0 saturated carbocycles. The van der Waals surface area contributed by atoms with Crippen LogP contribution in [0, 0.1) is 5.82 Å². The van der Waals surface area contributed by atoms with Crippen LogP contribution in [0.1, 0.15) is 11.7 Å². The Labute approximate surface area is 89.5 Å². The van der Waals surface area contributed by atoms with Crippen molar-refractivity contribution in [2.24, 2.45) is 5.73 Å². The van der Waals surface area contributed by atoms with Gasteiger partial charge in [0.2, 0.25) is 0 Å². The molecule has 0 fully saturated rings. The SMILES string of the molecule is NCC(O)C(O)c1ccc(F)c(Br)c1. The zero-order valence-corrected chi connectivity index (χ0v) is 8.91. The number of halogens is 2. The molecule has 1 aromatic carbocycles. The largest absolute Gasteiger partial charge is 0.389 e. The Hall–Kier alpha value is -0.490. The number of rotatable bonds is 3. The fourth-order valence-electron chi connectivity index (χ4n) is 1.05. The summed E-state index contributed by atoms with van der Waals surface area (Å²) in [5.41, 5.74) is 5.61. The van der Waals surface area contributed by atoms with Gasteiger partial charge in [-0.3, -0.25) is 0 Å². The highest BCUT2D eigenvalue weighted by atomic mass is 79.9. The van der Waals surface area contributed by atoms with Gasteiger partial charge in [-0.2, -0.15) is 0 Å². The van der Waals surface area contributed by atoms with E-state index < -0.39 is 18.0 Å². The van der Waals surface area contributed by atoms with Crippen LogP contribution in [0.15, 0.2) is 22.7 Å². The molecule has 0 amide bonds. The maximum Gasteiger partial charge on any atom is 0.137 e. The van der Waals surface area contributed by atoms with Crippen molar-refractivity contribution in [3.8, 4) is 0 Å². The molecule has 5 heteroatoms. The van der Waals surface area contributed by atoms with Crippen LogP contribution >= 0.6 is 15.9 Å². The second-order valence-electron chi connectivity index (χ2n) is 2.92. The molecular formula is C9H11BrFNO2. The molecule has 2 unspecified atom stereocenters. The maximum atomic E-state index is 12.8. The predicted molar refractivity (Wildman–Crippen MR) is 54.1 cm³/mol. The first-order chi connectivity index (χ1) is 6.56. The number of aliphatic hydroxyl groups is 2. The van der Waals surface area contributed by atoms with Crippen molar-refractivity contribution < 1.29 is 14.6 Å². The van der Waals surface area contributed by atoms with Crippen LogP contribution in [-0.2, 0) is 0 Å². The van der Waals surface area contributed by atoms with Crippen LogP contribution in [0.4, 0.5) is 4.39 Å². The lowest BCUT2D eigenvalue weighted by atomic mass is 10.0. The van der Waals surface area contributed by atoms with Gasteiger partial charge in [0.15, 0.2) is 0 Å². The Morgan fingerprint density at radius 3 is 2.57 bits per heavy atom. The molecule has 3 nitrogen and oxygen atoms in total. The zero-order chi connectivity index (χ0) is 10.7. The lowest BCUT2D eigenvalue weighted by molar-refractivity contribution is 0.0242. The maximum absolute atomic E-state index is 12.8. The Morgan fingerprint density at radius 2 is 2.07 bits per heavy atom. The van der Waals surface area contributed by atoms with Crippen LogP contribution < -0.4 is 5.73 Å². The summed E-state index contributed by atoms with van der Waals surface area (Å²) in [5, 5.41) is 18.8. The fourth-order valence-corrected chi connectivity index (χ4v) is 1.44. The summed E-state index contributed by atoms with van der Waals surface area (Å²) < 4.78 is 13.1. The smallest absolute Gasteiger partial charge is 0.137 e. The number of hydrogen-bond acceptors (Lipinski definition) is 3. The van der Waals surface area contributed by atoms with Gasteiger partial charge in [-0.25, -0.2) is 4.39 Å². The van der Waals surface area contributed by atoms with E-state index in [4.69, 9.17) is 5.73 Å². The Morgan fingerprint density at radius 1 is 1.43 bits per heavy atom. The molecule has 0 aliphatic rings. The van der Waals surface area contributed by atoms with Gasteiger partial charge < -0.3 is 15.9 Å². The van der Waals surface area contributed by atoms with Gasteiger partial charge in [-0.15, -0.1) is 0 Å². The minimum Gasteiger partial charge on any atom is -0.389 e. The Balaban J connectivity index is 2.91. The molecule has 0 saturated heterocycles. The molecule has 0 heterocycles. The Bertz CT molecular complexity index is 322. The normalized spacial score (nSPS) is 15.2. The lowest BCUT2D eigenvalue weighted by Gasteiger charge is -2.16. The highest BCUT2D eigenvalue weighted by Gasteiger charge is 2.17. The Kier molecular flexibility index (Phi) is 4.00. The molecule has 4 N–H and O–H groups in total. The lowest BCUT2D eigenvalue weighted by Crippen LogP contribution is -2.27. The topological polar surface area (TPSA) is 66.5 Å². The summed E-state index contributed by atoms with van der Waals surface area (Å²) in [7, 11) is 0. The molecule has 0 aliphatic heterocycles. The molecule has 0 bridgehead atoms. The summed E-state index contributed by atoms with van der Waals surface area (Å²) in [4.78, 5) is 0. The summed E-state index contributed by atoms with van der Waals surface area (Å²) in [6.45, 7) is -0.0455. The standard InChI is InChI=1S/C9H11BrFNO2/c10-6-3-5(1-2-7(6)11)9(14)8(13)4-12/h1-3,8-9,13-14H,4,12H2. The molecule has 0 radical (unpaired) electrons. The van der Waals surface area contributed by atoms with Gasteiger partial charge in [-0.1, -0.05) is 6.07 Å². The van der Waals surface area contributed by atoms with E-state index in [0.717, 1.165) is 0 Å². The van der Waals surface area contributed by atoms with E-state index in [0.29, 0.717) is 5.56 Å². The minimum absolute atomic E-state index is 0.0455. The van der Waals surface area contributed by atoms with E-state index in [-0.39, 0.29) is 11.0 Å². The molecular weight excluding hydrogens is 253 g/mol. The van der Waals surface area contributed by atoms with Crippen molar-refractivity contribution in [1.29, 1.82) is 0 Å². The molecule has 0 aromatic heterocycles. The van der Waals surface area contributed by atoms with Gasteiger partial charge in [0.25, 0.3) is 0 Å².